The van der Waals surface area contributed by atoms with Gasteiger partial charge in [0.1, 0.15) is 0 Å². The summed E-state index contributed by atoms with van der Waals surface area (Å²) in [7, 11) is 0. The molecule has 5 nitrogen and oxygen atoms in total. The summed E-state index contributed by atoms with van der Waals surface area (Å²) >= 11 is 0. The molecule has 1 N–H and O–H groups in total. The molecule has 1 amide bonds. The highest BCUT2D eigenvalue weighted by atomic mass is 16.5. The fourth-order valence-corrected chi connectivity index (χ4v) is 1.86. The number of ether oxygens (including phenoxy) is 1. The Morgan fingerprint density at radius 2 is 1.91 bits per heavy atom. The average molecular weight is 305 g/mol. The topological polar surface area (TPSA) is 66.8 Å². The molecule has 0 aliphatic carbocycles. The maximum atomic E-state index is 12.1. The van der Waals surface area contributed by atoms with E-state index in [1.54, 1.807) is 13.0 Å². The van der Waals surface area contributed by atoms with E-state index in [1.807, 2.05) is 31.2 Å². The second kappa shape index (κ2) is 9.73. The molecule has 0 atom stereocenters. The van der Waals surface area contributed by atoms with E-state index < -0.39 is 0 Å². The van der Waals surface area contributed by atoms with Gasteiger partial charge in [-0.25, -0.2) is 0 Å². The summed E-state index contributed by atoms with van der Waals surface area (Å²) in [6, 6.07) is 7.79. The molecule has 1 rings (SSSR count). The zero-order valence-corrected chi connectivity index (χ0v) is 13.1. The van der Waals surface area contributed by atoms with Crippen molar-refractivity contribution in [3.63, 3.8) is 0 Å². The zero-order chi connectivity index (χ0) is 16.4. The number of esters is 1. The van der Waals surface area contributed by atoms with Gasteiger partial charge in [-0.15, -0.1) is 0 Å². The van der Waals surface area contributed by atoms with Gasteiger partial charge in [0.25, 0.3) is 0 Å². The van der Waals surface area contributed by atoms with Crippen LogP contribution in [0.1, 0.15) is 24.5 Å². The van der Waals surface area contributed by atoms with Gasteiger partial charge in [-0.05, 0) is 25.5 Å². The van der Waals surface area contributed by atoms with Crippen LogP contribution in [-0.4, -0.2) is 48.2 Å². The van der Waals surface area contributed by atoms with E-state index in [0.29, 0.717) is 6.61 Å². The molecule has 1 aromatic rings. The van der Waals surface area contributed by atoms with Crippen LogP contribution >= 0.6 is 0 Å². The van der Waals surface area contributed by atoms with E-state index in [4.69, 9.17) is 9.84 Å². The Labute approximate surface area is 131 Å². The molecule has 0 aliphatic rings. The van der Waals surface area contributed by atoms with Gasteiger partial charge in [0.2, 0.25) is 5.91 Å². The van der Waals surface area contributed by atoms with Crippen LogP contribution in [0.3, 0.4) is 0 Å². The van der Waals surface area contributed by atoms with Crippen molar-refractivity contribution in [2.75, 3.05) is 26.3 Å². The molecule has 0 saturated heterocycles. The lowest BCUT2D eigenvalue weighted by Crippen LogP contribution is -2.34. The van der Waals surface area contributed by atoms with Crippen molar-refractivity contribution in [1.29, 1.82) is 0 Å². The lowest BCUT2D eigenvalue weighted by atomic mass is 10.1. The number of aliphatic hydroxyl groups is 1. The molecule has 0 unspecified atom stereocenters. The number of hydrogen-bond acceptors (Lipinski definition) is 4. The first-order valence-electron chi connectivity index (χ1n) is 7.37. The minimum atomic E-state index is -0.347. The monoisotopic (exact) mass is 305 g/mol. The Morgan fingerprint density at radius 3 is 2.50 bits per heavy atom. The van der Waals surface area contributed by atoms with Crippen LogP contribution in [-0.2, 0) is 14.3 Å². The van der Waals surface area contributed by atoms with Crippen LogP contribution in [0, 0.1) is 6.92 Å². The number of benzene rings is 1. The molecule has 0 heterocycles. The Kier molecular flexibility index (Phi) is 7.92. The first-order chi connectivity index (χ1) is 10.6. The van der Waals surface area contributed by atoms with Crippen molar-refractivity contribution >= 4 is 18.0 Å². The Morgan fingerprint density at radius 1 is 1.23 bits per heavy atom. The molecule has 120 valence electrons. The Balaban J connectivity index is 2.60. The third kappa shape index (κ3) is 6.54. The highest BCUT2D eigenvalue weighted by Crippen LogP contribution is 2.06. The van der Waals surface area contributed by atoms with Crippen LogP contribution in [0.2, 0.25) is 0 Å². The lowest BCUT2D eigenvalue weighted by molar-refractivity contribution is -0.143. The van der Waals surface area contributed by atoms with E-state index in [1.165, 1.54) is 11.0 Å². The van der Waals surface area contributed by atoms with Crippen LogP contribution in [0.15, 0.2) is 30.3 Å². The first kappa shape index (κ1) is 17.9. The molecule has 0 fully saturated rings. The van der Waals surface area contributed by atoms with Gasteiger partial charge < -0.3 is 14.7 Å². The van der Waals surface area contributed by atoms with Crippen LogP contribution < -0.4 is 0 Å². The number of amides is 1. The van der Waals surface area contributed by atoms with Crippen molar-refractivity contribution in [1.82, 2.24) is 4.90 Å². The van der Waals surface area contributed by atoms with E-state index in [2.05, 4.69) is 0 Å². The molecule has 0 spiro atoms. The largest absolute Gasteiger partial charge is 0.466 e. The fourth-order valence-electron chi connectivity index (χ4n) is 1.86. The average Bonchev–Trinajstić information content (AvgIpc) is 2.51. The van der Waals surface area contributed by atoms with Crippen molar-refractivity contribution in [3.8, 4) is 0 Å². The van der Waals surface area contributed by atoms with Crippen LogP contribution in [0.4, 0.5) is 0 Å². The fraction of sp³-hybridized carbons (Fsp3) is 0.412. The molecule has 0 radical (unpaired) electrons. The minimum Gasteiger partial charge on any atom is -0.466 e. The summed E-state index contributed by atoms with van der Waals surface area (Å²) in [6.07, 6.45) is 3.29. The number of rotatable bonds is 8. The third-order valence-electron chi connectivity index (χ3n) is 3.07. The number of aliphatic hydroxyl groups excluding tert-OH is 1. The number of carbonyl (C=O) groups is 2. The number of nitrogens with zero attached hydrogens (tertiary/aromatic N) is 1. The summed E-state index contributed by atoms with van der Waals surface area (Å²) in [6.45, 7) is 4.33. The predicted molar refractivity (Wildman–Crippen MR) is 85.1 cm³/mol. The van der Waals surface area contributed by atoms with Crippen LogP contribution in [0.5, 0.6) is 0 Å². The van der Waals surface area contributed by atoms with E-state index in [9.17, 15) is 9.59 Å². The van der Waals surface area contributed by atoms with Crippen LogP contribution in [0.25, 0.3) is 6.08 Å². The molecule has 0 aromatic heterocycles. The molecular formula is C17H23NO4. The summed E-state index contributed by atoms with van der Waals surface area (Å²) in [4.78, 5) is 24.9. The van der Waals surface area contributed by atoms with Gasteiger partial charge in [-0.1, -0.05) is 29.8 Å². The molecule has 0 bridgehead atoms. The number of aryl methyl sites for hydroxylation is 1. The summed E-state index contributed by atoms with van der Waals surface area (Å²) in [5.74, 6) is -0.584. The molecule has 1 aromatic carbocycles. The van der Waals surface area contributed by atoms with E-state index in [-0.39, 0.29) is 38.0 Å². The van der Waals surface area contributed by atoms with Crippen molar-refractivity contribution < 1.29 is 19.4 Å². The smallest absolute Gasteiger partial charge is 0.307 e. The van der Waals surface area contributed by atoms with Gasteiger partial charge in [-0.2, -0.15) is 0 Å². The molecule has 5 heteroatoms. The van der Waals surface area contributed by atoms with Gasteiger partial charge in [0, 0.05) is 19.2 Å². The highest BCUT2D eigenvalue weighted by Gasteiger charge is 2.12. The first-order valence-corrected chi connectivity index (χ1v) is 7.37. The maximum absolute atomic E-state index is 12.1. The maximum Gasteiger partial charge on any atom is 0.307 e. The van der Waals surface area contributed by atoms with Crippen molar-refractivity contribution in [3.05, 3.63) is 41.5 Å². The summed E-state index contributed by atoms with van der Waals surface area (Å²) in [5, 5.41) is 9.04. The standard InChI is InChI=1S/C17H23NO4/c1-3-22-17(21)10-11-18(12-13-19)16(20)9-8-15-6-4-14(2)5-7-15/h4-9,19H,3,10-13H2,1-2H3/b9-8+. The zero-order valence-electron chi connectivity index (χ0n) is 13.1. The normalized spacial score (nSPS) is 10.7. The van der Waals surface area contributed by atoms with E-state index >= 15 is 0 Å². The molecule has 0 aliphatic heterocycles. The quantitative estimate of drug-likeness (QED) is 0.587. The van der Waals surface area contributed by atoms with Gasteiger partial charge >= 0.3 is 5.97 Å². The second-order valence-electron chi connectivity index (χ2n) is 4.85. The van der Waals surface area contributed by atoms with E-state index in [0.717, 1.165) is 11.1 Å². The molecule has 0 saturated carbocycles. The summed E-state index contributed by atoms with van der Waals surface area (Å²) < 4.78 is 4.83. The third-order valence-corrected chi connectivity index (χ3v) is 3.07. The Bertz CT molecular complexity index is 508. The number of hydrogen-bond donors (Lipinski definition) is 1. The summed E-state index contributed by atoms with van der Waals surface area (Å²) in [5.41, 5.74) is 2.08. The van der Waals surface area contributed by atoms with Gasteiger partial charge in [0.15, 0.2) is 0 Å². The Hall–Kier alpha value is -2.14. The highest BCUT2D eigenvalue weighted by molar-refractivity contribution is 5.92. The van der Waals surface area contributed by atoms with Crippen molar-refractivity contribution in [2.24, 2.45) is 0 Å². The molecule has 22 heavy (non-hydrogen) atoms. The minimum absolute atomic E-state index is 0.123. The predicted octanol–water partition coefficient (Wildman–Crippen LogP) is 1.78. The molecular weight excluding hydrogens is 282 g/mol. The van der Waals surface area contributed by atoms with Gasteiger partial charge in [0.05, 0.1) is 19.6 Å². The van der Waals surface area contributed by atoms with Gasteiger partial charge in [-0.3, -0.25) is 9.59 Å². The number of carbonyl (C=O) groups excluding carboxylic acids is 2. The SMILES string of the molecule is CCOC(=O)CCN(CCO)C(=O)/C=C/c1ccc(C)cc1. The van der Waals surface area contributed by atoms with Crippen molar-refractivity contribution in [2.45, 2.75) is 20.3 Å². The second-order valence-corrected chi connectivity index (χ2v) is 4.85. The lowest BCUT2D eigenvalue weighted by Gasteiger charge is -2.19.